The van der Waals surface area contributed by atoms with Crippen molar-refractivity contribution in [1.82, 2.24) is 0 Å². The maximum Gasteiger partial charge on any atom is 0.227 e. The molecule has 0 aromatic heterocycles. The highest BCUT2D eigenvalue weighted by atomic mass is 32.2. The van der Waals surface area contributed by atoms with E-state index in [-0.39, 0.29) is 22.4 Å². The lowest BCUT2D eigenvalue weighted by molar-refractivity contribution is -0.120. The summed E-state index contributed by atoms with van der Waals surface area (Å²) in [6.07, 6.45) is 7.14. The standard InChI is InChI=1S/C14H16FNO3S/c1-20(18,19)11-7-8-12(15)13(9-11)16-14(17)10-5-3-2-4-6-10/h2-3,7-10H,4-6H2,1H3,(H,16,17)/t10-/m0/s1. The second kappa shape index (κ2) is 5.75. The zero-order valence-corrected chi connectivity index (χ0v) is 11.9. The van der Waals surface area contributed by atoms with Gasteiger partial charge in [0.15, 0.2) is 9.84 Å². The Morgan fingerprint density at radius 3 is 2.70 bits per heavy atom. The fourth-order valence-electron chi connectivity index (χ4n) is 2.10. The quantitative estimate of drug-likeness (QED) is 0.689. The molecule has 0 aliphatic heterocycles. The Balaban J connectivity index is 2.20. The fraction of sp³-hybridized carbons (Fsp3) is 0.357. The number of benzene rings is 1. The van der Waals surface area contributed by atoms with E-state index in [1.807, 2.05) is 12.2 Å². The van der Waals surface area contributed by atoms with Crippen LogP contribution < -0.4 is 5.32 Å². The Morgan fingerprint density at radius 1 is 1.35 bits per heavy atom. The van der Waals surface area contributed by atoms with Crippen LogP contribution in [0.15, 0.2) is 35.2 Å². The van der Waals surface area contributed by atoms with Crippen LogP contribution in [0.3, 0.4) is 0 Å². The Labute approximate surface area is 117 Å². The first-order valence-electron chi connectivity index (χ1n) is 6.33. The number of allylic oxidation sites excluding steroid dienone is 2. The lowest BCUT2D eigenvalue weighted by Crippen LogP contribution is -2.24. The summed E-state index contributed by atoms with van der Waals surface area (Å²) in [5, 5.41) is 2.48. The van der Waals surface area contributed by atoms with E-state index in [1.165, 1.54) is 6.07 Å². The van der Waals surface area contributed by atoms with Crippen molar-refractivity contribution in [3.05, 3.63) is 36.2 Å². The van der Waals surface area contributed by atoms with Gasteiger partial charge in [0.05, 0.1) is 10.6 Å². The summed E-state index contributed by atoms with van der Waals surface area (Å²) >= 11 is 0. The van der Waals surface area contributed by atoms with Gasteiger partial charge in [-0.1, -0.05) is 12.2 Å². The summed E-state index contributed by atoms with van der Waals surface area (Å²) in [4.78, 5) is 12.0. The van der Waals surface area contributed by atoms with Crippen LogP contribution in [0.5, 0.6) is 0 Å². The summed E-state index contributed by atoms with van der Waals surface area (Å²) in [7, 11) is -3.43. The Morgan fingerprint density at radius 2 is 2.10 bits per heavy atom. The van der Waals surface area contributed by atoms with Gasteiger partial charge >= 0.3 is 0 Å². The van der Waals surface area contributed by atoms with Gasteiger partial charge in [-0.15, -0.1) is 0 Å². The minimum absolute atomic E-state index is 0.0160. The van der Waals surface area contributed by atoms with Crippen LogP contribution in [0.25, 0.3) is 0 Å². The monoisotopic (exact) mass is 297 g/mol. The maximum absolute atomic E-state index is 13.7. The fourth-order valence-corrected chi connectivity index (χ4v) is 2.74. The molecule has 1 aromatic rings. The molecule has 0 fully saturated rings. The van der Waals surface area contributed by atoms with E-state index in [0.29, 0.717) is 6.42 Å². The second-order valence-electron chi connectivity index (χ2n) is 4.88. The number of carbonyl (C=O) groups is 1. The van der Waals surface area contributed by atoms with Crippen LogP contribution in [0.4, 0.5) is 10.1 Å². The number of hydrogen-bond acceptors (Lipinski definition) is 3. The molecule has 0 saturated carbocycles. The topological polar surface area (TPSA) is 63.2 Å². The number of nitrogens with one attached hydrogen (secondary N) is 1. The van der Waals surface area contributed by atoms with Gasteiger partial charge in [0, 0.05) is 12.2 Å². The molecule has 2 rings (SSSR count). The average molecular weight is 297 g/mol. The minimum Gasteiger partial charge on any atom is -0.323 e. The summed E-state index contributed by atoms with van der Waals surface area (Å²) in [5.41, 5.74) is -0.0903. The Kier molecular flexibility index (Phi) is 4.23. The molecule has 0 spiro atoms. The van der Waals surface area contributed by atoms with E-state index in [9.17, 15) is 17.6 Å². The normalized spacial score (nSPS) is 18.8. The largest absolute Gasteiger partial charge is 0.323 e. The number of hydrogen-bond donors (Lipinski definition) is 1. The van der Waals surface area contributed by atoms with Gasteiger partial charge in [-0.3, -0.25) is 4.79 Å². The molecule has 20 heavy (non-hydrogen) atoms. The van der Waals surface area contributed by atoms with Gasteiger partial charge in [0.25, 0.3) is 0 Å². The van der Waals surface area contributed by atoms with E-state index in [1.54, 1.807) is 0 Å². The first kappa shape index (κ1) is 14.7. The first-order chi connectivity index (χ1) is 9.38. The van der Waals surface area contributed by atoms with E-state index >= 15 is 0 Å². The van der Waals surface area contributed by atoms with Crippen molar-refractivity contribution in [1.29, 1.82) is 0 Å². The van der Waals surface area contributed by atoms with Crippen LogP contribution >= 0.6 is 0 Å². The van der Waals surface area contributed by atoms with Gasteiger partial charge in [-0.2, -0.15) is 0 Å². The molecule has 0 saturated heterocycles. The summed E-state index contributed by atoms with van der Waals surface area (Å²) in [6, 6.07) is 3.39. The maximum atomic E-state index is 13.7. The molecule has 1 aliphatic carbocycles. The van der Waals surface area contributed by atoms with Crippen LogP contribution in [0.2, 0.25) is 0 Å². The van der Waals surface area contributed by atoms with Gasteiger partial charge in [-0.05, 0) is 37.5 Å². The van der Waals surface area contributed by atoms with Crippen LogP contribution in [0, 0.1) is 11.7 Å². The third-order valence-electron chi connectivity index (χ3n) is 3.26. The molecule has 1 amide bonds. The molecule has 1 atom stereocenters. The predicted molar refractivity (Wildman–Crippen MR) is 74.6 cm³/mol. The molecular formula is C14H16FNO3S. The molecule has 0 radical (unpaired) electrons. The first-order valence-corrected chi connectivity index (χ1v) is 8.22. The number of anilines is 1. The SMILES string of the molecule is CS(=O)(=O)c1ccc(F)c(NC(=O)[C@H]2CC=CCC2)c1. The number of rotatable bonds is 3. The smallest absolute Gasteiger partial charge is 0.227 e. The lowest BCUT2D eigenvalue weighted by Gasteiger charge is -2.17. The molecule has 1 N–H and O–H groups in total. The summed E-state index contributed by atoms with van der Waals surface area (Å²) in [5.74, 6) is -1.11. The van der Waals surface area contributed by atoms with Crippen molar-refractivity contribution in [3.8, 4) is 0 Å². The van der Waals surface area contributed by atoms with Crippen LogP contribution in [-0.2, 0) is 14.6 Å². The van der Waals surface area contributed by atoms with Crippen LogP contribution in [0.1, 0.15) is 19.3 Å². The molecular weight excluding hydrogens is 281 g/mol. The average Bonchev–Trinajstić information content (AvgIpc) is 2.41. The van der Waals surface area contributed by atoms with Crippen LogP contribution in [-0.4, -0.2) is 20.6 Å². The number of carbonyl (C=O) groups excluding carboxylic acids is 1. The van der Waals surface area contributed by atoms with E-state index in [0.717, 1.165) is 31.2 Å². The zero-order valence-electron chi connectivity index (χ0n) is 11.1. The van der Waals surface area contributed by atoms with Crippen molar-refractivity contribution in [2.45, 2.75) is 24.2 Å². The molecule has 4 nitrogen and oxygen atoms in total. The van der Waals surface area contributed by atoms with Gasteiger partial charge < -0.3 is 5.32 Å². The minimum atomic E-state index is -3.43. The molecule has 6 heteroatoms. The third kappa shape index (κ3) is 3.45. The van der Waals surface area contributed by atoms with E-state index in [2.05, 4.69) is 5.32 Å². The second-order valence-corrected chi connectivity index (χ2v) is 6.90. The third-order valence-corrected chi connectivity index (χ3v) is 4.37. The highest BCUT2D eigenvalue weighted by molar-refractivity contribution is 7.90. The molecule has 1 aliphatic rings. The van der Waals surface area contributed by atoms with Crippen molar-refractivity contribution < 1.29 is 17.6 Å². The zero-order chi connectivity index (χ0) is 14.8. The number of amides is 1. The van der Waals surface area contributed by atoms with Crippen molar-refractivity contribution >= 4 is 21.4 Å². The Bertz CT molecular complexity index is 652. The molecule has 0 unspecified atom stereocenters. The van der Waals surface area contributed by atoms with Gasteiger partial charge in [-0.25, -0.2) is 12.8 Å². The van der Waals surface area contributed by atoms with Crippen molar-refractivity contribution in [3.63, 3.8) is 0 Å². The Hall–Kier alpha value is -1.69. The molecule has 0 bridgehead atoms. The van der Waals surface area contributed by atoms with Crippen molar-refractivity contribution in [2.75, 3.05) is 11.6 Å². The van der Waals surface area contributed by atoms with Gasteiger partial charge in [0.1, 0.15) is 5.82 Å². The number of sulfone groups is 1. The highest BCUT2D eigenvalue weighted by Gasteiger charge is 2.20. The molecule has 108 valence electrons. The van der Waals surface area contributed by atoms with E-state index < -0.39 is 15.7 Å². The molecule has 1 aromatic carbocycles. The molecule has 0 heterocycles. The summed E-state index contributed by atoms with van der Waals surface area (Å²) in [6.45, 7) is 0. The van der Waals surface area contributed by atoms with Crippen molar-refractivity contribution in [2.24, 2.45) is 5.92 Å². The lowest BCUT2D eigenvalue weighted by atomic mass is 9.93. The van der Waals surface area contributed by atoms with E-state index in [4.69, 9.17) is 0 Å². The summed E-state index contributed by atoms with van der Waals surface area (Å²) < 4.78 is 36.5. The highest BCUT2D eigenvalue weighted by Crippen LogP contribution is 2.23. The number of halogens is 1. The van der Waals surface area contributed by atoms with Gasteiger partial charge in [0.2, 0.25) is 5.91 Å². The predicted octanol–water partition coefficient (Wildman–Crippen LogP) is 2.52.